The second kappa shape index (κ2) is 5.89. The lowest BCUT2D eigenvalue weighted by molar-refractivity contribution is 0.196. The first-order valence-electron chi connectivity index (χ1n) is 6.81. The second-order valence-electron chi connectivity index (χ2n) is 5.08. The van der Waals surface area contributed by atoms with Crippen LogP contribution in [0.3, 0.4) is 0 Å². The van der Waals surface area contributed by atoms with Crippen molar-refractivity contribution in [3.05, 3.63) is 35.9 Å². The van der Waals surface area contributed by atoms with Gasteiger partial charge in [0.25, 0.3) is 0 Å². The third kappa shape index (κ3) is 2.84. The highest BCUT2D eigenvalue weighted by atomic mass is 16.2. The number of hydrogen-bond donors (Lipinski definition) is 1. The number of nitrogens with one attached hydrogen (secondary N) is 1. The lowest BCUT2D eigenvalue weighted by Gasteiger charge is -2.21. The summed E-state index contributed by atoms with van der Waals surface area (Å²) in [5.41, 5.74) is 1.34. The van der Waals surface area contributed by atoms with Gasteiger partial charge in [0.05, 0.1) is 0 Å². The van der Waals surface area contributed by atoms with Gasteiger partial charge in [0.2, 0.25) is 0 Å². The van der Waals surface area contributed by atoms with Crippen LogP contribution in [0.25, 0.3) is 0 Å². The van der Waals surface area contributed by atoms with Crippen LogP contribution >= 0.6 is 0 Å². The third-order valence-electron chi connectivity index (χ3n) is 3.63. The molecular formula is C15H22N2O. The molecule has 1 aromatic carbocycles. The van der Waals surface area contributed by atoms with Crippen LogP contribution in [0.1, 0.15) is 38.2 Å². The number of rotatable bonds is 3. The van der Waals surface area contributed by atoms with Crippen LogP contribution in [0.5, 0.6) is 0 Å². The molecule has 1 aliphatic heterocycles. The molecule has 1 heterocycles. The van der Waals surface area contributed by atoms with Gasteiger partial charge in [0.15, 0.2) is 0 Å². The Hall–Kier alpha value is -1.51. The lowest BCUT2D eigenvalue weighted by atomic mass is 9.97. The highest BCUT2D eigenvalue weighted by Gasteiger charge is 2.32. The van der Waals surface area contributed by atoms with Crippen molar-refractivity contribution >= 4 is 6.03 Å². The quantitative estimate of drug-likeness (QED) is 0.873. The maximum Gasteiger partial charge on any atom is 0.317 e. The van der Waals surface area contributed by atoms with Gasteiger partial charge in [-0.25, -0.2) is 4.79 Å². The van der Waals surface area contributed by atoms with E-state index in [9.17, 15) is 4.79 Å². The molecule has 0 radical (unpaired) electrons. The minimum atomic E-state index is 0.0859. The van der Waals surface area contributed by atoms with E-state index in [0.29, 0.717) is 12.0 Å². The van der Waals surface area contributed by atoms with E-state index in [1.165, 1.54) is 5.56 Å². The SMILES string of the molecule is CCCNC(=O)N1CC(c2ccccc2)CC1C. The predicted octanol–water partition coefficient (Wildman–Crippen LogP) is 2.98. The van der Waals surface area contributed by atoms with Gasteiger partial charge in [-0.15, -0.1) is 0 Å². The zero-order chi connectivity index (χ0) is 13.0. The minimum absolute atomic E-state index is 0.0859. The number of urea groups is 1. The number of carbonyl (C=O) groups excluding carboxylic acids is 1. The van der Waals surface area contributed by atoms with Crippen LogP contribution in [0, 0.1) is 0 Å². The van der Waals surface area contributed by atoms with Crippen molar-refractivity contribution in [2.45, 2.75) is 38.6 Å². The van der Waals surface area contributed by atoms with Gasteiger partial charge >= 0.3 is 6.03 Å². The summed E-state index contributed by atoms with van der Waals surface area (Å²) >= 11 is 0. The van der Waals surface area contributed by atoms with Crippen LogP contribution in [0.2, 0.25) is 0 Å². The van der Waals surface area contributed by atoms with Crippen LogP contribution in [-0.4, -0.2) is 30.1 Å². The smallest absolute Gasteiger partial charge is 0.317 e. The molecule has 1 aromatic rings. The van der Waals surface area contributed by atoms with Crippen molar-refractivity contribution in [3.63, 3.8) is 0 Å². The fraction of sp³-hybridized carbons (Fsp3) is 0.533. The van der Waals surface area contributed by atoms with Gasteiger partial charge in [0, 0.05) is 25.0 Å². The summed E-state index contributed by atoms with van der Waals surface area (Å²) in [6.07, 6.45) is 2.04. The fourth-order valence-corrected chi connectivity index (χ4v) is 2.61. The zero-order valence-corrected chi connectivity index (χ0v) is 11.2. The number of likely N-dealkylation sites (tertiary alicyclic amines) is 1. The summed E-state index contributed by atoms with van der Waals surface area (Å²) in [6.45, 7) is 5.80. The molecule has 1 aliphatic rings. The molecule has 2 unspecified atom stereocenters. The highest BCUT2D eigenvalue weighted by Crippen LogP contribution is 2.31. The molecule has 2 amide bonds. The third-order valence-corrected chi connectivity index (χ3v) is 3.63. The number of amides is 2. The van der Waals surface area contributed by atoms with E-state index in [2.05, 4.69) is 43.4 Å². The van der Waals surface area contributed by atoms with E-state index in [1.54, 1.807) is 0 Å². The van der Waals surface area contributed by atoms with Gasteiger partial charge in [-0.05, 0) is 25.3 Å². The average Bonchev–Trinajstić information content (AvgIpc) is 2.79. The van der Waals surface area contributed by atoms with Gasteiger partial charge in [-0.1, -0.05) is 37.3 Å². The Morgan fingerprint density at radius 1 is 1.39 bits per heavy atom. The zero-order valence-electron chi connectivity index (χ0n) is 11.2. The van der Waals surface area contributed by atoms with E-state index in [-0.39, 0.29) is 6.03 Å². The molecule has 3 nitrogen and oxygen atoms in total. The molecule has 0 spiro atoms. The predicted molar refractivity (Wildman–Crippen MR) is 73.7 cm³/mol. The molecule has 98 valence electrons. The maximum absolute atomic E-state index is 12.0. The summed E-state index contributed by atoms with van der Waals surface area (Å²) in [6, 6.07) is 10.9. The molecule has 1 saturated heterocycles. The number of carbonyl (C=O) groups is 1. The van der Waals surface area contributed by atoms with Crippen LogP contribution < -0.4 is 5.32 Å². The van der Waals surface area contributed by atoms with Crippen molar-refractivity contribution in [2.75, 3.05) is 13.1 Å². The fourth-order valence-electron chi connectivity index (χ4n) is 2.61. The van der Waals surface area contributed by atoms with Crippen molar-refractivity contribution in [1.82, 2.24) is 10.2 Å². The van der Waals surface area contributed by atoms with Crippen LogP contribution in [-0.2, 0) is 0 Å². The Bertz CT molecular complexity index is 391. The molecule has 18 heavy (non-hydrogen) atoms. The average molecular weight is 246 g/mol. The first kappa shape index (κ1) is 12.9. The highest BCUT2D eigenvalue weighted by molar-refractivity contribution is 5.75. The van der Waals surface area contributed by atoms with Crippen LogP contribution in [0.4, 0.5) is 4.79 Å². The maximum atomic E-state index is 12.0. The lowest BCUT2D eigenvalue weighted by Crippen LogP contribution is -2.42. The molecule has 1 fully saturated rings. The van der Waals surface area contributed by atoms with Crippen molar-refractivity contribution in [3.8, 4) is 0 Å². The first-order chi connectivity index (χ1) is 8.72. The number of nitrogens with zero attached hydrogens (tertiary/aromatic N) is 1. The molecule has 0 saturated carbocycles. The van der Waals surface area contributed by atoms with Gasteiger partial charge in [-0.2, -0.15) is 0 Å². The van der Waals surface area contributed by atoms with E-state index >= 15 is 0 Å². The van der Waals surface area contributed by atoms with Crippen molar-refractivity contribution in [1.29, 1.82) is 0 Å². The number of benzene rings is 1. The van der Waals surface area contributed by atoms with Crippen molar-refractivity contribution in [2.24, 2.45) is 0 Å². The van der Waals surface area contributed by atoms with Gasteiger partial charge < -0.3 is 10.2 Å². The topological polar surface area (TPSA) is 32.3 Å². The van der Waals surface area contributed by atoms with E-state index < -0.39 is 0 Å². The monoisotopic (exact) mass is 246 g/mol. The molecule has 0 aliphatic carbocycles. The largest absolute Gasteiger partial charge is 0.338 e. The molecule has 1 N–H and O–H groups in total. The number of hydrogen-bond acceptors (Lipinski definition) is 1. The first-order valence-corrected chi connectivity index (χ1v) is 6.81. The van der Waals surface area contributed by atoms with E-state index in [0.717, 1.165) is 25.9 Å². The van der Waals surface area contributed by atoms with Gasteiger partial charge in [0.1, 0.15) is 0 Å². The van der Waals surface area contributed by atoms with Gasteiger partial charge in [-0.3, -0.25) is 0 Å². The molecule has 0 bridgehead atoms. The molecule has 2 atom stereocenters. The summed E-state index contributed by atoms with van der Waals surface area (Å²) in [5, 5.41) is 2.96. The molecule has 2 rings (SSSR count). The normalized spacial score (nSPS) is 23.1. The van der Waals surface area contributed by atoms with Crippen LogP contribution in [0.15, 0.2) is 30.3 Å². The van der Waals surface area contributed by atoms with E-state index in [4.69, 9.17) is 0 Å². The molecular weight excluding hydrogens is 224 g/mol. The summed E-state index contributed by atoms with van der Waals surface area (Å²) in [4.78, 5) is 14.0. The molecule has 0 aromatic heterocycles. The summed E-state index contributed by atoms with van der Waals surface area (Å²) in [5.74, 6) is 0.480. The second-order valence-corrected chi connectivity index (χ2v) is 5.08. The standard InChI is InChI=1S/C15H22N2O/c1-3-9-16-15(18)17-11-14(10-12(17)2)13-7-5-4-6-8-13/h4-8,12,14H,3,9-11H2,1-2H3,(H,16,18). The van der Waals surface area contributed by atoms with E-state index in [1.807, 2.05) is 11.0 Å². The Morgan fingerprint density at radius 2 is 2.11 bits per heavy atom. The minimum Gasteiger partial charge on any atom is -0.338 e. The Kier molecular flexibility index (Phi) is 4.24. The Labute approximate surface area is 109 Å². The molecule has 3 heteroatoms. The Balaban J connectivity index is 1.98. The Morgan fingerprint density at radius 3 is 2.78 bits per heavy atom. The van der Waals surface area contributed by atoms with Crippen molar-refractivity contribution < 1.29 is 4.79 Å². The summed E-state index contributed by atoms with van der Waals surface area (Å²) in [7, 11) is 0. The summed E-state index contributed by atoms with van der Waals surface area (Å²) < 4.78 is 0.